The molecule has 1 amide bonds. The number of hydrogen-bond donors (Lipinski definition) is 1. The molecule has 7 heteroatoms. The fourth-order valence-corrected chi connectivity index (χ4v) is 3.31. The molecule has 0 radical (unpaired) electrons. The van der Waals surface area contributed by atoms with Gasteiger partial charge in [-0.15, -0.1) is 0 Å². The average Bonchev–Trinajstić information content (AvgIpc) is 2.69. The molecule has 0 bridgehead atoms. The van der Waals surface area contributed by atoms with E-state index in [2.05, 4.69) is 13.8 Å². The predicted molar refractivity (Wildman–Crippen MR) is 107 cm³/mol. The lowest BCUT2D eigenvalue weighted by Crippen LogP contribution is -2.49. The van der Waals surface area contributed by atoms with Crippen LogP contribution in [0.4, 0.5) is 0 Å². The highest BCUT2D eigenvalue weighted by Gasteiger charge is 2.27. The van der Waals surface area contributed by atoms with Crippen molar-refractivity contribution in [2.75, 3.05) is 39.4 Å². The van der Waals surface area contributed by atoms with Gasteiger partial charge in [0.05, 0.1) is 13.2 Å². The van der Waals surface area contributed by atoms with Gasteiger partial charge in [-0.1, -0.05) is 26.8 Å². The maximum atomic E-state index is 12.5. The lowest BCUT2D eigenvalue weighted by Gasteiger charge is -2.37. The van der Waals surface area contributed by atoms with Crippen LogP contribution in [0, 0.1) is 5.92 Å². The quantitative estimate of drug-likeness (QED) is 0.659. The summed E-state index contributed by atoms with van der Waals surface area (Å²) >= 11 is 0. The van der Waals surface area contributed by atoms with Crippen LogP contribution in [-0.4, -0.2) is 72.2 Å². The summed E-state index contributed by atoms with van der Waals surface area (Å²) in [6.07, 6.45) is 1.57. The molecule has 2 rings (SSSR count). The second kappa shape index (κ2) is 10.9. The number of likely N-dealkylation sites (N-methyl/N-ethyl adjacent to an activating group) is 1. The van der Waals surface area contributed by atoms with E-state index in [1.807, 2.05) is 30.0 Å². The Bertz CT molecular complexity index is 641. The highest BCUT2D eigenvalue weighted by atomic mass is 16.5. The van der Waals surface area contributed by atoms with Crippen LogP contribution < -0.4 is 9.47 Å². The van der Waals surface area contributed by atoms with Crippen molar-refractivity contribution in [3.63, 3.8) is 0 Å². The van der Waals surface area contributed by atoms with Gasteiger partial charge in [0.1, 0.15) is 11.5 Å². The second-order valence-corrected chi connectivity index (χ2v) is 7.54. The molecule has 1 N–H and O–H groups in total. The maximum Gasteiger partial charge on any atom is 0.317 e. The number of carbonyl (C=O) groups is 2. The normalized spacial score (nSPS) is 15.1. The molecule has 1 saturated heterocycles. The number of carboxylic acid groups (broad SMARTS) is 1. The largest absolute Gasteiger partial charge is 0.493 e. The first-order chi connectivity index (χ1) is 13.4. The van der Waals surface area contributed by atoms with Crippen molar-refractivity contribution in [2.45, 2.75) is 39.7 Å². The van der Waals surface area contributed by atoms with Crippen molar-refractivity contribution in [1.82, 2.24) is 9.80 Å². The monoisotopic (exact) mass is 392 g/mol. The van der Waals surface area contributed by atoms with Crippen molar-refractivity contribution >= 4 is 11.9 Å². The molecule has 1 aromatic carbocycles. The zero-order chi connectivity index (χ0) is 20.5. The third-order valence-corrected chi connectivity index (χ3v) is 4.83. The summed E-state index contributed by atoms with van der Waals surface area (Å²) < 4.78 is 11.3. The van der Waals surface area contributed by atoms with E-state index >= 15 is 0 Å². The van der Waals surface area contributed by atoms with E-state index in [1.165, 1.54) is 0 Å². The van der Waals surface area contributed by atoms with Crippen LogP contribution in [0.3, 0.4) is 0 Å². The summed E-state index contributed by atoms with van der Waals surface area (Å²) in [4.78, 5) is 27.2. The Kier molecular flexibility index (Phi) is 8.57. The van der Waals surface area contributed by atoms with Gasteiger partial charge in [-0.3, -0.25) is 14.5 Å². The summed E-state index contributed by atoms with van der Waals surface area (Å²) in [5.74, 6) is 0.926. The first-order valence-corrected chi connectivity index (χ1v) is 9.98. The minimum atomic E-state index is -0.812. The molecule has 1 heterocycles. The molecule has 0 aliphatic carbocycles. The number of hydrogen-bond acceptors (Lipinski definition) is 5. The van der Waals surface area contributed by atoms with Crippen LogP contribution in [0.1, 0.15) is 33.6 Å². The minimum Gasteiger partial charge on any atom is -0.493 e. The van der Waals surface area contributed by atoms with Crippen LogP contribution in [0.25, 0.3) is 0 Å². The number of rotatable bonds is 10. The number of aliphatic carboxylic acids is 1. The molecular formula is C21H32N2O5. The van der Waals surface area contributed by atoms with Gasteiger partial charge in [0, 0.05) is 25.2 Å². The predicted octanol–water partition coefficient (Wildman–Crippen LogP) is 2.50. The van der Waals surface area contributed by atoms with Gasteiger partial charge in [-0.25, -0.2) is 0 Å². The topological polar surface area (TPSA) is 79.3 Å². The molecule has 0 saturated carbocycles. The van der Waals surface area contributed by atoms with Crippen molar-refractivity contribution in [1.29, 1.82) is 0 Å². The van der Waals surface area contributed by atoms with Gasteiger partial charge < -0.3 is 19.5 Å². The summed E-state index contributed by atoms with van der Waals surface area (Å²) in [5, 5.41) is 9.01. The zero-order valence-corrected chi connectivity index (χ0v) is 17.1. The fraction of sp³-hybridized carbons (Fsp3) is 0.619. The van der Waals surface area contributed by atoms with E-state index in [0.717, 1.165) is 18.6 Å². The van der Waals surface area contributed by atoms with Crippen LogP contribution in [0.5, 0.6) is 11.5 Å². The van der Waals surface area contributed by atoms with Gasteiger partial charge in [0.2, 0.25) is 0 Å². The van der Waals surface area contributed by atoms with Crippen molar-refractivity contribution in [2.24, 2.45) is 5.92 Å². The molecule has 1 aliphatic heterocycles. The lowest BCUT2D eigenvalue weighted by molar-refractivity contribution is -0.140. The van der Waals surface area contributed by atoms with E-state index < -0.39 is 5.97 Å². The first-order valence-electron chi connectivity index (χ1n) is 9.98. The Morgan fingerprint density at radius 2 is 1.86 bits per heavy atom. The Labute approximate surface area is 167 Å². The first kappa shape index (κ1) is 22.0. The summed E-state index contributed by atoms with van der Waals surface area (Å²) in [5.41, 5.74) is 0. The number of carboxylic acids is 1. The summed E-state index contributed by atoms with van der Waals surface area (Å²) in [6, 6.07) is 7.54. The number of piperidine rings is 1. The molecule has 0 spiro atoms. The van der Waals surface area contributed by atoms with E-state index in [-0.39, 0.29) is 25.1 Å². The second-order valence-electron chi connectivity index (χ2n) is 7.54. The molecule has 0 atom stereocenters. The Morgan fingerprint density at radius 3 is 2.43 bits per heavy atom. The van der Waals surface area contributed by atoms with Crippen molar-refractivity contribution in [3.05, 3.63) is 24.3 Å². The SMILES string of the molecule is CCN(CC(=O)O)C1CCN(C(=O)COc2cccc(OCC(C)C)c2)CC1. The third kappa shape index (κ3) is 7.03. The van der Waals surface area contributed by atoms with E-state index in [1.54, 1.807) is 11.0 Å². The molecule has 1 fully saturated rings. The van der Waals surface area contributed by atoms with Crippen molar-refractivity contribution < 1.29 is 24.2 Å². The zero-order valence-electron chi connectivity index (χ0n) is 17.1. The van der Waals surface area contributed by atoms with Gasteiger partial charge in [-0.05, 0) is 37.4 Å². The number of ether oxygens (including phenoxy) is 2. The molecular weight excluding hydrogens is 360 g/mol. The number of likely N-dealkylation sites (tertiary alicyclic amines) is 1. The minimum absolute atomic E-state index is 0.00901. The molecule has 28 heavy (non-hydrogen) atoms. The molecule has 7 nitrogen and oxygen atoms in total. The summed E-state index contributed by atoms with van der Waals surface area (Å²) in [7, 11) is 0. The van der Waals surface area contributed by atoms with E-state index in [4.69, 9.17) is 14.6 Å². The maximum absolute atomic E-state index is 12.5. The molecule has 1 aliphatic rings. The smallest absolute Gasteiger partial charge is 0.317 e. The van der Waals surface area contributed by atoms with E-state index in [9.17, 15) is 9.59 Å². The molecule has 1 aromatic rings. The highest BCUT2D eigenvalue weighted by molar-refractivity contribution is 5.77. The van der Waals surface area contributed by atoms with Gasteiger partial charge in [-0.2, -0.15) is 0 Å². The Morgan fingerprint density at radius 1 is 1.21 bits per heavy atom. The number of nitrogens with zero attached hydrogens (tertiary/aromatic N) is 2. The lowest BCUT2D eigenvalue weighted by atomic mass is 10.0. The fourth-order valence-electron chi connectivity index (χ4n) is 3.31. The third-order valence-electron chi connectivity index (χ3n) is 4.83. The van der Waals surface area contributed by atoms with Gasteiger partial charge >= 0.3 is 5.97 Å². The van der Waals surface area contributed by atoms with Crippen LogP contribution in [0.2, 0.25) is 0 Å². The summed E-state index contributed by atoms with van der Waals surface area (Å²) in [6.45, 7) is 8.76. The van der Waals surface area contributed by atoms with Crippen molar-refractivity contribution in [3.8, 4) is 11.5 Å². The van der Waals surface area contributed by atoms with Crippen LogP contribution in [0.15, 0.2) is 24.3 Å². The molecule has 156 valence electrons. The van der Waals surface area contributed by atoms with Gasteiger partial charge in [0.15, 0.2) is 6.61 Å². The van der Waals surface area contributed by atoms with E-state index in [0.29, 0.717) is 37.9 Å². The standard InChI is InChI=1S/C21H32N2O5/c1-4-22(13-21(25)26)17-8-10-23(11-9-17)20(24)15-28-19-7-5-6-18(12-19)27-14-16(2)3/h5-7,12,16-17H,4,8-11,13-15H2,1-3H3,(H,25,26). The Hall–Kier alpha value is -2.28. The molecule has 0 unspecified atom stereocenters. The van der Waals surface area contributed by atoms with Crippen LogP contribution >= 0.6 is 0 Å². The molecule has 0 aromatic heterocycles. The number of benzene rings is 1. The van der Waals surface area contributed by atoms with Gasteiger partial charge in [0.25, 0.3) is 5.91 Å². The Balaban J connectivity index is 1.78. The average molecular weight is 392 g/mol. The number of carbonyl (C=O) groups excluding carboxylic acids is 1. The van der Waals surface area contributed by atoms with Crippen LogP contribution in [-0.2, 0) is 9.59 Å². The number of amides is 1. The highest BCUT2D eigenvalue weighted by Crippen LogP contribution is 2.21.